The van der Waals surface area contributed by atoms with Crippen molar-refractivity contribution in [3.05, 3.63) is 65.7 Å². The first-order valence-corrected chi connectivity index (χ1v) is 21.7. The van der Waals surface area contributed by atoms with E-state index in [-0.39, 0.29) is 43.4 Å². The second-order valence-corrected chi connectivity index (χ2v) is 23.8. The van der Waals surface area contributed by atoms with Crippen LogP contribution >= 0.6 is 0 Å². The number of amides is 3. The number of anilines is 1. The van der Waals surface area contributed by atoms with Gasteiger partial charge in [0.2, 0.25) is 11.8 Å². The second-order valence-electron chi connectivity index (χ2n) is 18.2. The zero-order valence-corrected chi connectivity index (χ0v) is 34.1. The summed E-state index contributed by atoms with van der Waals surface area (Å²) >= 11 is 0. The summed E-state index contributed by atoms with van der Waals surface area (Å²) in [5.41, 5.74) is 7.78. The van der Waals surface area contributed by atoms with Crippen molar-refractivity contribution in [3.8, 4) is 0 Å². The van der Waals surface area contributed by atoms with Crippen molar-refractivity contribution >= 4 is 37.6 Å². The van der Waals surface area contributed by atoms with E-state index in [1.54, 1.807) is 12.1 Å². The van der Waals surface area contributed by atoms with Crippen molar-refractivity contribution in [2.45, 2.75) is 138 Å². The van der Waals surface area contributed by atoms with E-state index >= 15 is 0 Å². The highest BCUT2D eigenvalue weighted by Gasteiger charge is 2.42. The minimum Gasteiger partial charge on any atom is -0.464 e. The summed E-state index contributed by atoms with van der Waals surface area (Å²) in [7, 11) is -1.52. The number of carbonyl (C=O) groups excluding carboxylic acids is 4. The lowest BCUT2D eigenvalue weighted by Gasteiger charge is -2.35. The molecule has 3 atom stereocenters. The summed E-state index contributed by atoms with van der Waals surface area (Å²) in [5.74, 6) is -1.98. The third kappa shape index (κ3) is 16.9. The molecule has 10 nitrogen and oxygen atoms in total. The molecule has 51 heavy (non-hydrogen) atoms. The van der Waals surface area contributed by atoms with E-state index in [0.29, 0.717) is 0 Å². The van der Waals surface area contributed by atoms with Gasteiger partial charge >= 0.3 is 12.1 Å². The highest BCUT2D eigenvalue weighted by molar-refractivity contribution is 6.76. The van der Waals surface area contributed by atoms with Gasteiger partial charge in [-0.1, -0.05) is 104 Å². The maximum Gasteiger partial charge on any atom is 0.417 e. The average Bonchev–Trinajstić information content (AvgIpc) is 2.97. The summed E-state index contributed by atoms with van der Waals surface area (Å²) in [5, 5.41) is 6.33. The molecule has 0 fully saturated rings. The normalized spacial score (nSPS) is 14.1. The van der Waals surface area contributed by atoms with E-state index in [1.165, 1.54) is 0 Å². The van der Waals surface area contributed by atoms with Crippen LogP contribution in [0.25, 0.3) is 0 Å². The molecule has 2 rings (SSSR count). The molecule has 0 saturated carbocycles. The van der Waals surface area contributed by atoms with E-state index in [4.69, 9.17) is 15.2 Å². The van der Waals surface area contributed by atoms with Crippen LogP contribution in [0.3, 0.4) is 0 Å². The number of benzene rings is 2. The Labute approximate surface area is 307 Å². The molecule has 0 spiro atoms. The first kappa shape index (κ1) is 43.5. The summed E-state index contributed by atoms with van der Waals surface area (Å²) in [6.45, 7) is 24.4. The quantitative estimate of drug-likeness (QED) is 0.127. The Morgan fingerprint density at radius 1 is 0.804 bits per heavy atom. The number of esters is 1. The molecule has 0 radical (unpaired) electrons. The highest BCUT2D eigenvalue weighted by Crippen LogP contribution is 2.28. The van der Waals surface area contributed by atoms with Crippen LogP contribution < -0.4 is 16.4 Å². The van der Waals surface area contributed by atoms with Crippen LogP contribution in [0, 0.1) is 10.8 Å². The zero-order valence-electron chi connectivity index (χ0n) is 33.1. The molecule has 3 amide bonds. The van der Waals surface area contributed by atoms with Crippen LogP contribution in [0.2, 0.25) is 25.7 Å². The smallest absolute Gasteiger partial charge is 0.417 e. The van der Waals surface area contributed by atoms with Crippen molar-refractivity contribution in [2.24, 2.45) is 16.6 Å². The molecular weight excluding hydrogens is 661 g/mol. The summed E-state index contributed by atoms with van der Waals surface area (Å²) in [6.07, 6.45) is -0.485. The zero-order chi connectivity index (χ0) is 38.8. The number of nitrogens with one attached hydrogen (secondary N) is 2. The van der Waals surface area contributed by atoms with Gasteiger partial charge in [0.15, 0.2) is 0 Å². The Morgan fingerprint density at radius 3 is 1.94 bits per heavy atom. The minimum atomic E-state index is -1.52. The Hall–Kier alpha value is -3.70. The minimum absolute atomic E-state index is 0.0929. The van der Waals surface area contributed by atoms with Gasteiger partial charge in [0.05, 0.1) is 12.6 Å². The highest BCUT2D eigenvalue weighted by atomic mass is 28.3. The lowest BCUT2D eigenvalue weighted by Crippen LogP contribution is -2.59. The molecule has 0 aliphatic heterocycles. The lowest BCUT2D eigenvalue weighted by atomic mass is 9.85. The van der Waals surface area contributed by atoms with Gasteiger partial charge in [-0.2, -0.15) is 0 Å². The van der Waals surface area contributed by atoms with Crippen molar-refractivity contribution < 1.29 is 28.7 Å². The lowest BCUT2D eigenvalue weighted by molar-refractivity contribution is -0.148. The van der Waals surface area contributed by atoms with Crippen molar-refractivity contribution in [3.63, 3.8) is 0 Å². The molecule has 11 heteroatoms. The summed E-state index contributed by atoms with van der Waals surface area (Å²) < 4.78 is 11.4. The molecule has 0 bridgehead atoms. The molecule has 0 saturated heterocycles. The fourth-order valence-corrected chi connectivity index (χ4v) is 6.15. The molecule has 0 heterocycles. The molecule has 2 aromatic carbocycles. The Morgan fingerprint density at radius 2 is 1.39 bits per heavy atom. The van der Waals surface area contributed by atoms with Crippen molar-refractivity contribution in [1.29, 1.82) is 0 Å². The fraction of sp³-hybridized carbons (Fsp3) is 0.600. The monoisotopic (exact) mass is 724 g/mol. The Balaban J connectivity index is 2.55. The van der Waals surface area contributed by atoms with Gasteiger partial charge < -0.3 is 25.8 Å². The molecule has 0 unspecified atom stereocenters. The summed E-state index contributed by atoms with van der Waals surface area (Å²) in [4.78, 5) is 57.1. The van der Waals surface area contributed by atoms with E-state index in [0.717, 1.165) is 27.8 Å². The molecule has 0 aromatic heterocycles. The number of imide groups is 1. The van der Waals surface area contributed by atoms with Crippen LogP contribution in [0.5, 0.6) is 0 Å². The maximum atomic E-state index is 14.5. The van der Waals surface area contributed by atoms with Gasteiger partial charge in [-0.05, 0) is 73.7 Å². The van der Waals surface area contributed by atoms with Gasteiger partial charge in [-0.25, -0.2) is 14.5 Å². The predicted octanol–water partition coefficient (Wildman–Crippen LogP) is 7.54. The van der Waals surface area contributed by atoms with E-state index in [1.807, 2.05) is 84.0 Å². The van der Waals surface area contributed by atoms with Crippen molar-refractivity contribution in [1.82, 2.24) is 10.2 Å². The molecular formula is C40H64N4O6Si. The molecule has 2 aromatic rings. The first-order chi connectivity index (χ1) is 23.3. The third-order valence-electron chi connectivity index (χ3n) is 7.79. The van der Waals surface area contributed by atoms with Gasteiger partial charge in [0.1, 0.15) is 18.7 Å². The average molecular weight is 725 g/mol. The standard InChI is InChI=1S/C40H64N4O6Si/c1-38(2,3)25-31(41)35(46)44(37(48)50-27-28-17-14-13-15-18-28)33(26-39(4,5)6)34(45)42-32(36(47)49-21-22-51(10,11)12)24-29-19-16-20-30(23-29)43-40(7,8)9/h13-20,23,31-33,43H,21-22,24-27,41H2,1-12H3,(H,42,45)/t31-,32+,33+/m1/s1. The van der Waals surface area contributed by atoms with E-state index < -0.39 is 55.5 Å². The maximum absolute atomic E-state index is 14.5. The predicted molar refractivity (Wildman–Crippen MR) is 208 cm³/mol. The first-order valence-electron chi connectivity index (χ1n) is 18.0. The molecule has 284 valence electrons. The van der Waals surface area contributed by atoms with Crippen molar-refractivity contribution in [2.75, 3.05) is 11.9 Å². The van der Waals surface area contributed by atoms with Gasteiger partial charge in [-0.3, -0.25) is 9.59 Å². The largest absolute Gasteiger partial charge is 0.464 e. The number of nitrogens with zero attached hydrogens (tertiary/aromatic N) is 1. The summed E-state index contributed by atoms with van der Waals surface area (Å²) in [6, 6.07) is 14.0. The number of nitrogens with two attached hydrogens (primary N) is 1. The van der Waals surface area contributed by atoms with Crippen LogP contribution in [0.1, 0.15) is 86.3 Å². The second kappa shape index (κ2) is 18.2. The number of carbonyl (C=O) groups is 4. The van der Waals surface area contributed by atoms with E-state index in [9.17, 15) is 19.2 Å². The van der Waals surface area contributed by atoms with Crippen LogP contribution in [-0.4, -0.2) is 67.1 Å². The molecule has 0 aliphatic carbocycles. The number of ether oxygens (including phenoxy) is 2. The SMILES string of the molecule is CC(C)(C)C[C@@H](N)C(=O)N(C(=O)OCc1ccccc1)[C@@H](CC(C)(C)C)C(=O)N[C@@H](Cc1cccc(NC(C)(C)C)c1)C(=O)OCC[Si](C)(C)C. The number of rotatable bonds is 15. The van der Waals surface area contributed by atoms with Crippen LogP contribution in [0.4, 0.5) is 10.5 Å². The topological polar surface area (TPSA) is 140 Å². The molecule has 0 aliphatic rings. The van der Waals surface area contributed by atoms with Gasteiger partial charge in [0.25, 0.3) is 0 Å². The van der Waals surface area contributed by atoms with Gasteiger partial charge in [0, 0.05) is 25.7 Å². The number of hydrogen-bond donors (Lipinski definition) is 3. The molecule has 4 N–H and O–H groups in total. The third-order valence-corrected chi connectivity index (χ3v) is 9.50. The Bertz CT molecular complexity index is 1450. The fourth-order valence-electron chi connectivity index (χ4n) is 5.43. The van der Waals surface area contributed by atoms with Gasteiger partial charge in [-0.15, -0.1) is 0 Å². The van der Waals surface area contributed by atoms with Crippen LogP contribution in [-0.2, 0) is 36.9 Å². The Kier molecular flexibility index (Phi) is 15.5. The number of hydrogen-bond acceptors (Lipinski definition) is 8. The van der Waals surface area contributed by atoms with E-state index in [2.05, 4.69) is 51.0 Å². The van der Waals surface area contributed by atoms with Crippen LogP contribution in [0.15, 0.2) is 54.6 Å².